The second kappa shape index (κ2) is 4.55. The fraction of sp³-hybridized carbons (Fsp3) is 0. The molecule has 3 rings (SSSR count). The van der Waals surface area contributed by atoms with Crippen LogP contribution in [0.5, 0.6) is 0 Å². The number of halogens is 2. The molecule has 0 spiro atoms. The third-order valence-corrected chi connectivity index (χ3v) is 3.03. The second-order valence-electron chi connectivity index (χ2n) is 4.38. The minimum absolute atomic E-state index is 0.0198. The van der Waals surface area contributed by atoms with Crippen LogP contribution in [-0.4, -0.2) is 10.8 Å². The summed E-state index contributed by atoms with van der Waals surface area (Å²) in [6.07, 6.45) is 0. The van der Waals surface area contributed by atoms with Crippen LogP contribution in [-0.2, 0) is 0 Å². The summed E-state index contributed by atoms with van der Waals surface area (Å²) in [7, 11) is 0. The zero-order valence-corrected chi connectivity index (χ0v) is 10.4. The fourth-order valence-corrected chi connectivity index (χ4v) is 2.01. The number of ketones is 1. The van der Waals surface area contributed by atoms with Gasteiger partial charge in [0.05, 0.1) is 16.8 Å². The Bertz CT molecular complexity index is 928. The monoisotopic (exact) mass is 290 g/mol. The largest absolute Gasteiger partial charge is 0.417 e. The number of oxazole rings is 1. The van der Waals surface area contributed by atoms with E-state index in [2.05, 4.69) is 4.98 Å². The molecule has 1 heterocycles. The molecule has 0 aliphatic rings. The number of carbonyl (C=O) groups excluding carboxylic acids is 1. The number of anilines is 1. The van der Waals surface area contributed by atoms with Crippen LogP contribution in [0.4, 0.5) is 14.5 Å². The molecule has 0 bridgehead atoms. The number of hydrogen-bond acceptors (Lipinski definition) is 4. The molecule has 0 fully saturated rings. The van der Waals surface area contributed by atoms with Gasteiger partial charge < -0.3 is 10.2 Å². The van der Waals surface area contributed by atoms with E-state index in [-0.39, 0.29) is 16.8 Å². The van der Waals surface area contributed by atoms with E-state index in [4.69, 9.17) is 10.2 Å². The third-order valence-electron chi connectivity index (χ3n) is 3.03. The zero-order valence-electron chi connectivity index (χ0n) is 10.4. The van der Waals surface area contributed by atoms with E-state index in [1.54, 1.807) is 0 Å². The molecule has 2 aromatic carbocycles. The van der Waals surface area contributed by atoms with Crippen molar-refractivity contribution in [2.45, 2.75) is 0 Å². The first-order chi connectivity index (χ1) is 9.97. The minimum atomic E-state index is -1.12. The van der Waals surface area contributed by atoms with E-state index < -0.39 is 28.7 Å². The Morgan fingerprint density at radius 1 is 1.19 bits per heavy atom. The van der Waals surface area contributed by atoms with Crippen molar-refractivity contribution in [3.05, 3.63) is 63.6 Å². The van der Waals surface area contributed by atoms with Gasteiger partial charge in [0.15, 0.2) is 17.2 Å². The van der Waals surface area contributed by atoms with Gasteiger partial charge in [-0.05, 0) is 30.3 Å². The lowest BCUT2D eigenvalue weighted by atomic mass is 10.0. The average Bonchev–Trinajstić information content (AvgIpc) is 2.82. The van der Waals surface area contributed by atoms with Crippen LogP contribution in [0.2, 0.25) is 0 Å². The minimum Gasteiger partial charge on any atom is -0.408 e. The van der Waals surface area contributed by atoms with Gasteiger partial charge in [0.25, 0.3) is 0 Å². The molecule has 0 aliphatic heterocycles. The van der Waals surface area contributed by atoms with Crippen molar-refractivity contribution in [1.82, 2.24) is 4.98 Å². The molecule has 0 amide bonds. The molecule has 3 aromatic rings. The third kappa shape index (κ3) is 2.08. The number of aromatic amines is 1. The Morgan fingerprint density at radius 3 is 2.71 bits per heavy atom. The molecule has 0 unspecified atom stereocenters. The van der Waals surface area contributed by atoms with Crippen LogP contribution < -0.4 is 11.5 Å². The van der Waals surface area contributed by atoms with E-state index in [0.29, 0.717) is 5.52 Å². The lowest BCUT2D eigenvalue weighted by molar-refractivity contribution is 0.103. The number of H-pyrrole nitrogens is 1. The molecule has 106 valence electrons. The summed E-state index contributed by atoms with van der Waals surface area (Å²) in [5.74, 6) is -3.70. The highest BCUT2D eigenvalue weighted by molar-refractivity contribution is 6.10. The smallest absolute Gasteiger partial charge is 0.408 e. The number of benzene rings is 2. The SMILES string of the molecule is Nc1ccc(F)c(C(=O)c2ccc3[nH]c(=O)oc3c2)c1F. The molecule has 3 N–H and O–H groups in total. The van der Waals surface area contributed by atoms with Crippen molar-refractivity contribution >= 4 is 22.6 Å². The average molecular weight is 290 g/mol. The predicted octanol–water partition coefficient (Wildman–Crippen LogP) is 2.21. The highest BCUT2D eigenvalue weighted by Gasteiger charge is 2.21. The standard InChI is InChI=1S/C14H8F2N2O3/c15-7-2-3-8(17)12(16)11(7)13(19)6-1-4-9-10(5-6)21-14(20)18-9/h1-5H,17H2,(H,18,20). The summed E-state index contributed by atoms with van der Waals surface area (Å²) in [4.78, 5) is 25.7. The van der Waals surface area contributed by atoms with Gasteiger partial charge in [-0.3, -0.25) is 9.78 Å². The van der Waals surface area contributed by atoms with E-state index in [0.717, 1.165) is 12.1 Å². The first-order valence-electron chi connectivity index (χ1n) is 5.88. The molecular formula is C14H8F2N2O3. The van der Waals surface area contributed by atoms with E-state index in [9.17, 15) is 18.4 Å². The topological polar surface area (TPSA) is 89.1 Å². The molecule has 5 nitrogen and oxygen atoms in total. The van der Waals surface area contributed by atoms with Gasteiger partial charge >= 0.3 is 5.76 Å². The normalized spacial score (nSPS) is 11.0. The number of aromatic nitrogens is 1. The highest BCUT2D eigenvalue weighted by Crippen LogP contribution is 2.23. The van der Waals surface area contributed by atoms with E-state index in [1.807, 2.05) is 0 Å². The second-order valence-corrected chi connectivity index (χ2v) is 4.38. The van der Waals surface area contributed by atoms with Crippen LogP contribution >= 0.6 is 0 Å². The van der Waals surface area contributed by atoms with Gasteiger partial charge in [-0.15, -0.1) is 0 Å². The van der Waals surface area contributed by atoms with Crippen molar-refractivity contribution in [2.24, 2.45) is 0 Å². The summed E-state index contributed by atoms with van der Waals surface area (Å²) >= 11 is 0. The molecule has 0 radical (unpaired) electrons. The molecular weight excluding hydrogens is 282 g/mol. The maximum atomic E-state index is 13.9. The van der Waals surface area contributed by atoms with Crippen molar-refractivity contribution in [3.63, 3.8) is 0 Å². The number of nitrogens with two attached hydrogens (primary N) is 1. The number of nitrogen functional groups attached to an aromatic ring is 1. The Morgan fingerprint density at radius 2 is 1.95 bits per heavy atom. The summed E-state index contributed by atoms with van der Waals surface area (Å²) in [5.41, 5.74) is 4.75. The number of hydrogen-bond donors (Lipinski definition) is 2. The van der Waals surface area contributed by atoms with Gasteiger partial charge in [0, 0.05) is 5.56 Å². The predicted molar refractivity (Wildman–Crippen MR) is 71.0 cm³/mol. The van der Waals surface area contributed by atoms with Crippen LogP contribution in [0.25, 0.3) is 11.1 Å². The van der Waals surface area contributed by atoms with E-state index >= 15 is 0 Å². The molecule has 0 saturated heterocycles. The lowest BCUT2D eigenvalue weighted by Crippen LogP contribution is -2.09. The maximum absolute atomic E-state index is 13.9. The van der Waals surface area contributed by atoms with Crippen LogP contribution in [0.1, 0.15) is 15.9 Å². The van der Waals surface area contributed by atoms with Crippen LogP contribution in [0, 0.1) is 11.6 Å². The molecule has 7 heteroatoms. The number of carbonyl (C=O) groups is 1. The fourth-order valence-electron chi connectivity index (χ4n) is 2.01. The molecule has 0 aliphatic carbocycles. The summed E-state index contributed by atoms with van der Waals surface area (Å²) in [6, 6.07) is 5.93. The maximum Gasteiger partial charge on any atom is 0.417 e. The van der Waals surface area contributed by atoms with Crippen LogP contribution in [0.15, 0.2) is 39.5 Å². The highest BCUT2D eigenvalue weighted by atomic mass is 19.1. The number of nitrogens with one attached hydrogen (secondary N) is 1. The summed E-state index contributed by atoms with van der Waals surface area (Å²) in [6.45, 7) is 0. The Kier molecular flexibility index (Phi) is 2.83. The van der Waals surface area contributed by atoms with Crippen molar-refractivity contribution in [1.29, 1.82) is 0 Å². The summed E-state index contributed by atoms with van der Waals surface area (Å²) < 4.78 is 32.3. The Labute approximate surface area is 116 Å². The van der Waals surface area contributed by atoms with E-state index in [1.165, 1.54) is 18.2 Å². The van der Waals surface area contributed by atoms with Gasteiger partial charge in [0.2, 0.25) is 0 Å². The number of rotatable bonds is 2. The number of fused-ring (bicyclic) bond motifs is 1. The Hall–Kier alpha value is -2.96. The van der Waals surface area contributed by atoms with Crippen LogP contribution in [0.3, 0.4) is 0 Å². The first kappa shape index (κ1) is 13.0. The van der Waals surface area contributed by atoms with Gasteiger partial charge in [0.1, 0.15) is 5.82 Å². The first-order valence-corrected chi connectivity index (χ1v) is 5.88. The molecule has 0 atom stereocenters. The zero-order chi connectivity index (χ0) is 15.1. The molecule has 1 aromatic heterocycles. The quantitative estimate of drug-likeness (QED) is 0.559. The van der Waals surface area contributed by atoms with Gasteiger partial charge in [-0.2, -0.15) is 0 Å². The lowest BCUT2D eigenvalue weighted by Gasteiger charge is -2.06. The van der Waals surface area contributed by atoms with Crippen molar-refractivity contribution < 1.29 is 18.0 Å². The van der Waals surface area contributed by atoms with Crippen molar-refractivity contribution in [2.75, 3.05) is 5.73 Å². The molecule has 21 heavy (non-hydrogen) atoms. The van der Waals surface area contributed by atoms with Crippen molar-refractivity contribution in [3.8, 4) is 0 Å². The molecule has 0 saturated carbocycles. The van der Waals surface area contributed by atoms with Gasteiger partial charge in [-0.25, -0.2) is 13.6 Å². The summed E-state index contributed by atoms with van der Waals surface area (Å²) in [5, 5.41) is 0. The van der Waals surface area contributed by atoms with Gasteiger partial charge in [-0.1, -0.05) is 0 Å². The Balaban J connectivity index is 2.16.